The number of ether oxygens (including phenoxy) is 1. The molecule has 0 aromatic carbocycles. The first-order chi connectivity index (χ1) is 7.77. The lowest BCUT2D eigenvalue weighted by Gasteiger charge is -2.29. The van der Waals surface area contributed by atoms with Crippen LogP contribution in [0.3, 0.4) is 0 Å². The van der Waals surface area contributed by atoms with Crippen molar-refractivity contribution in [1.82, 2.24) is 10.3 Å². The molecule has 88 valence electrons. The summed E-state index contributed by atoms with van der Waals surface area (Å²) < 4.78 is 28.8. The van der Waals surface area contributed by atoms with Gasteiger partial charge in [-0.3, -0.25) is 0 Å². The minimum Gasteiger partial charge on any atom is -0.431 e. The Morgan fingerprint density at radius 1 is 1.38 bits per heavy atom. The van der Waals surface area contributed by atoms with Gasteiger partial charge in [-0.25, -0.2) is 4.98 Å². The Kier molecular flexibility index (Phi) is 3.51. The van der Waals surface area contributed by atoms with Gasteiger partial charge in [0.25, 0.3) is 0 Å². The second kappa shape index (κ2) is 5.07. The largest absolute Gasteiger partial charge is 0.431 e. The van der Waals surface area contributed by atoms with E-state index in [0.29, 0.717) is 5.82 Å². The fourth-order valence-electron chi connectivity index (χ4n) is 1.68. The predicted molar refractivity (Wildman–Crippen MR) is 56.0 cm³/mol. The lowest BCUT2D eigenvalue weighted by molar-refractivity contribution is -0.0497. The van der Waals surface area contributed by atoms with Gasteiger partial charge in [-0.2, -0.15) is 8.78 Å². The topological polar surface area (TPSA) is 37.4 Å². The molecule has 1 aliphatic heterocycles. The van der Waals surface area contributed by atoms with E-state index in [9.17, 15) is 8.78 Å². The van der Waals surface area contributed by atoms with Crippen molar-refractivity contribution in [2.24, 2.45) is 0 Å². The van der Waals surface area contributed by atoms with Crippen molar-refractivity contribution in [3.05, 3.63) is 18.3 Å². The molecule has 1 fully saturated rings. The van der Waals surface area contributed by atoms with Gasteiger partial charge in [-0.05, 0) is 12.1 Å². The molecule has 16 heavy (non-hydrogen) atoms. The lowest BCUT2D eigenvalue weighted by atomic mass is 10.3. The molecule has 0 saturated carbocycles. The van der Waals surface area contributed by atoms with Gasteiger partial charge in [-0.1, -0.05) is 0 Å². The summed E-state index contributed by atoms with van der Waals surface area (Å²) in [7, 11) is 0. The first kappa shape index (κ1) is 11.1. The zero-order chi connectivity index (χ0) is 11.4. The van der Waals surface area contributed by atoms with E-state index in [-0.39, 0.29) is 5.75 Å². The Morgan fingerprint density at radius 2 is 2.12 bits per heavy atom. The maximum absolute atomic E-state index is 12.2. The fourth-order valence-corrected chi connectivity index (χ4v) is 1.68. The number of anilines is 1. The molecule has 1 aliphatic rings. The number of nitrogens with zero attached hydrogens (tertiary/aromatic N) is 2. The van der Waals surface area contributed by atoms with Gasteiger partial charge in [0, 0.05) is 32.4 Å². The van der Waals surface area contributed by atoms with Crippen molar-refractivity contribution in [3.8, 4) is 5.75 Å². The van der Waals surface area contributed by atoms with E-state index < -0.39 is 6.61 Å². The molecule has 0 aliphatic carbocycles. The second-order valence-electron chi connectivity index (χ2n) is 3.44. The van der Waals surface area contributed by atoms with E-state index in [1.54, 1.807) is 12.3 Å². The SMILES string of the molecule is FC(F)Oc1cccnc1N1CCNCC1. The van der Waals surface area contributed by atoms with E-state index in [4.69, 9.17) is 0 Å². The first-order valence-corrected chi connectivity index (χ1v) is 5.13. The predicted octanol–water partition coefficient (Wildman–Crippen LogP) is 1.09. The quantitative estimate of drug-likeness (QED) is 0.842. The molecule has 1 saturated heterocycles. The van der Waals surface area contributed by atoms with Crippen LogP contribution in [0.2, 0.25) is 0 Å². The van der Waals surface area contributed by atoms with E-state index >= 15 is 0 Å². The number of nitrogens with one attached hydrogen (secondary N) is 1. The molecule has 0 spiro atoms. The molecule has 1 aromatic rings. The van der Waals surface area contributed by atoms with Crippen LogP contribution in [0.15, 0.2) is 18.3 Å². The van der Waals surface area contributed by atoms with Crippen LogP contribution in [0.4, 0.5) is 14.6 Å². The molecule has 2 rings (SSSR count). The maximum atomic E-state index is 12.2. The van der Waals surface area contributed by atoms with E-state index in [1.165, 1.54) is 6.07 Å². The molecule has 4 nitrogen and oxygen atoms in total. The smallest absolute Gasteiger partial charge is 0.387 e. The Hall–Kier alpha value is -1.43. The third kappa shape index (κ3) is 2.57. The van der Waals surface area contributed by atoms with E-state index in [0.717, 1.165) is 26.2 Å². The van der Waals surface area contributed by atoms with Gasteiger partial charge in [0.05, 0.1) is 0 Å². The highest BCUT2D eigenvalue weighted by atomic mass is 19.3. The number of alkyl halides is 2. The normalized spacial score (nSPS) is 16.6. The van der Waals surface area contributed by atoms with Gasteiger partial charge < -0.3 is 15.0 Å². The van der Waals surface area contributed by atoms with Gasteiger partial charge in [0.15, 0.2) is 11.6 Å². The highest BCUT2D eigenvalue weighted by molar-refractivity contribution is 5.52. The van der Waals surface area contributed by atoms with Crippen molar-refractivity contribution in [2.45, 2.75) is 6.61 Å². The van der Waals surface area contributed by atoms with E-state index in [2.05, 4.69) is 15.0 Å². The van der Waals surface area contributed by atoms with Crippen LogP contribution in [-0.2, 0) is 0 Å². The number of hydrogen-bond acceptors (Lipinski definition) is 4. The molecule has 0 unspecified atom stereocenters. The van der Waals surface area contributed by atoms with Crippen LogP contribution < -0.4 is 15.0 Å². The summed E-state index contributed by atoms with van der Waals surface area (Å²) in [6.07, 6.45) is 1.58. The van der Waals surface area contributed by atoms with Crippen molar-refractivity contribution < 1.29 is 13.5 Å². The molecule has 0 amide bonds. The van der Waals surface area contributed by atoms with Crippen LogP contribution in [0.5, 0.6) is 5.75 Å². The second-order valence-corrected chi connectivity index (χ2v) is 3.44. The Morgan fingerprint density at radius 3 is 2.81 bits per heavy atom. The van der Waals surface area contributed by atoms with E-state index in [1.807, 2.05) is 4.90 Å². The molecular formula is C10H13F2N3O. The van der Waals surface area contributed by atoms with Crippen molar-refractivity contribution in [1.29, 1.82) is 0 Å². The number of rotatable bonds is 3. The molecule has 6 heteroatoms. The van der Waals surface area contributed by atoms with Gasteiger partial charge in [-0.15, -0.1) is 0 Å². The van der Waals surface area contributed by atoms with Gasteiger partial charge in [0.2, 0.25) is 0 Å². The first-order valence-electron chi connectivity index (χ1n) is 5.13. The maximum Gasteiger partial charge on any atom is 0.387 e. The third-order valence-electron chi connectivity index (χ3n) is 2.38. The molecule has 1 N–H and O–H groups in total. The Labute approximate surface area is 92.2 Å². The van der Waals surface area contributed by atoms with Crippen LogP contribution in [-0.4, -0.2) is 37.8 Å². The summed E-state index contributed by atoms with van der Waals surface area (Å²) in [6.45, 7) is 0.327. The fraction of sp³-hybridized carbons (Fsp3) is 0.500. The summed E-state index contributed by atoms with van der Waals surface area (Å²) in [6, 6.07) is 3.10. The summed E-state index contributed by atoms with van der Waals surface area (Å²) in [5, 5.41) is 3.19. The number of pyridine rings is 1. The van der Waals surface area contributed by atoms with Crippen molar-refractivity contribution in [3.63, 3.8) is 0 Å². The summed E-state index contributed by atoms with van der Waals surface area (Å²) >= 11 is 0. The minimum absolute atomic E-state index is 0.138. The van der Waals surface area contributed by atoms with Crippen LogP contribution in [0.1, 0.15) is 0 Å². The summed E-state index contributed by atoms with van der Waals surface area (Å²) in [5.41, 5.74) is 0. The highest BCUT2D eigenvalue weighted by Crippen LogP contribution is 2.26. The third-order valence-corrected chi connectivity index (χ3v) is 2.38. The Bertz CT molecular complexity index is 343. The summed E-state index contributed by atoms with van der Waals surface area (Å²) in [5.74, 6) is 0.628. The van der Waals surface area contributed by atoms with Gasteiger partial charge >= 0.3 is 6.61 Å². The highest BCUT2D eigenvalue weighted by Gasteiger charge is 2.17. The standard InChI is InChI=1S/C10H13F2N3O/c11-10(12)16-8-2-1-3-14-9(8)15-6-4-13-5-7-15/h1-3,10,13H,4-7H2. The Balaban J connectivity index is 2.17. The van der Waals surface area contributed by atoms with Gasteiger partial charge in [0.1, 0.15) is 0 Å². The molecule has 1 aromatic heterocycles. The van der Waals surface area contributed by atoms with Crippen LogP contribution >= 0.6 is 0 Å². The molecule has 0 atom stereocenters. The number of aromatic nitrogens is 1. The van der Waals surface area contributed by atoms with Crippen molar-refractivity contribution in [2.75, 3.05) is 31.1 Å². The van der Waals surface area contributed by atoms with Crippen LogP contribution in [0.25, 0.3) is 0 Å². The number of hydrogen-bond donors (Lipinski definition) is 1. The zero-order valence-electron chi connectivity index (χ0n) is 8.70. The molecule has 0 bridgehead atoms. The molecular weight excluding hydrogens is 216 g/mol. The summed E-state index contributed by atoms with van der Waals surface area (Å²) in [4.78, 5) is 6.03. The monoisotopic (exact) mass is 229 g/mol. The average Bonchev–Trinajstić information content (AvgIpc) is 2.30. The van der Waals surface area contributed by atoms with Crippen LogP contribution in [0, 0.1) is 0 Å². The van der Waals surface area contributed by atoms with Crippen molar-refractivity contribution >= 4 is 5.82 Å². The average molecular weight is 229 g/mol. The molecule has 0 radical (unpaired) electrons. The minimum atomic E-state index is -2.81. The number of piperazine rings is 1. The number of halogens is 2. The lowest BCUT2D eigenvalue weighted by Crippen LogP contribution is -2.44. The zero-order valence-corrected chi connectivity index (χ0v) is 8.70. The molecule has 2 heterocycles.